The number of hydrogen-bond donors (Lipinski definition) is 0. The first-order chi connectivity index (χ1) is 32.5. The lowest BCUT2D eigenvalue weighted by atomic mass is 10.1. The number of hydrogen-bond acceptors (Lipinski definition) is 6. The van der Waals surface area contributed by atoms with Crippen molar-refractivity contribution >= 4 is 17.9 Å². The molecule has 0 aromatic rings. The van der Waals surface area contributed by atoms with Gasteiger partial charge in [-0.3, -0.25) is 14.4 Å². The number of rotatable bonds is 45. The highest BCUT2D eigenvalue weighted by Crippen LogP contribution is 2.14. The fourth-order valence-corrected chi connectivity index (χ4v) is 6.70. The number of ether oxygens (including phenoxy) is 3. The maximum Gasteiger partial charge on any atom is 0.306 e. The lowest BCUT2D eigenvalue weighted by Crippen LogP contribution is -2.30. The lowest BCUT2D eigenvalue weighted by Gasteiger charge is -2.18. The quantitative estimate of drug-likeness (QED) is 0.0199. The standard InChI is InChI=1S/C60H94O6/c1-4-7-10-13-16-19-22-25-27-29-30-32-33-35-38-41-44-47-50-53-59(62)65-56-57(55-64-58(61)52-49-46-43-40-37-24-21-18-15-12-9-6-3)66-60(63)54-51-48-45-42-39-36-34-31-28-26-23-20-17-14-11-8-5-2/h7-12,14,16-21,23,25-28,31,34,36,39,57H,4-6,13,15,22,24,29-30,32-33,35,37-38,40-56H2,1-3H3/b10-7-,11-8-,12-9-,17-14-,19-16-,21-18-,23-20-,27-25-,28-26-,34-31+,39-36-. The van der Waals surface area contributed by atoms with Crippen LogP contribution >= 0.6 is 0 Å². The van der Waals surface area contributed by atoms with Crippen LogP contribution in [-0.2, 0) is 28.6 Å². The molecule has 0 saturated carbocycles. The third-order valence-electron chi connectivity index (χ3n) is 10.5. The maximum atomic E-state index is 12.8. The van der Waals surface area contributed by atoms with Crippen LogP contribution in [0.15, 0.2) is 134 Å². The topological polar surface area (TPSA) is 78.9 Å². The van der Waals surface area contributed by atoms with Gasteiger partial charge in [0.05, 0.1) is 0 Å². The number of esters is 3. The van der Waals surface area contributed by atoms with Gasteiger partial charge in [-0.2, -0.15) is 0 Å². The molecule has 0 N–H and O–H groups in total. The van der Waals surface area contributed by atoms with Gasteiger partial charge in [-0.15, -0.1) is 0 Å². The predicted octanol–water partition coefficient (Wildman–Crippen LogP) is 17.5. The minimum Gasteiger partial charge on any atom is -0.462 e. The molecule has 6 heteroatoms. The summed E-state index contributed by atoms with van der Waals surface area (Å²) in [5.74, 6) is -0.982. The molecule has 370 valence electrons. The summed E-state index contributed by atoms with van der Waals surface area (Å²) in [4.78, 5) is 38.0. The third-order valence-corrected chi connectivity index (χ3v) is 10.5. The molecule has 0 aliphatic rings. The SMILES string of the molecule is CC\C=C/C=C\C=C/C=C\C=C\C=C/CCCCCC(=O)OC(COC(=O)CCCCCCC/C=C\C/C=C\CC)COC(=O)CCCCCCCCCCC/C=C\C/C=C\C/C=C\CC. The van der Waals surface area contributed by atoms with Crippen molar-refractivity contribution in [1.29, 1.82) is 0 Å². The highest BCUT2D eigenvalue weighted by atomic mass is 16.6. The predicted molar refractivity (Wildman–Crippen MR) is 283 cm³/mol. The van der Waals surface area contributed by atoms with Gasteiger partial charge in [0.25, 0.3) is 0 Å². The van der Waals surface area contributed by atoms with Crippen LogP contribution in [0.4, 0.5) is 0 Å². The summed E-state index contributed by atoms with van der Waals surface area (Å²) in [5, 5.41) is 0. The van der Waals surface area contributed by atoms with E-state index in [-0.39, 0.29) is 37.5 Å². The van der Waals surface area contributed by atoms with Crippen LogP contribution in [-0.4, -0.2) is 37.2 Å². The number of allylic oxidation sites excluding steroid dienone is 22. The first-order valence-electron chi connectivity index (χ1n) is 26.3. The van der Waals surface area contributed by atoms with Gasteiger partial charge >= 0.3 is 17.9 Å². The summed E-state index contributed by atoms with van der Waals surface area (Å²) in [6, 6.07) is 0. The van der Waals surface area contributed by atoms with Gasteiger partial charge < -0.3 is 14.2 Å². The summed E-state index contributed by atoms with van der Waals surface area (Å²) >= 11 is 0. The molecule has 0 fully saturated rings. The normalized spacial score (nSPS) is 13.2. The van der Waals surface area contributed by atoms with Gasteiger partial charge in [0.15, 0.2) is 6.10 Å². The van der Waals surface area contributed by atoms with E-state index in [0.29, 0.717) is 19.3 Å². The van der Waals surface area contributed by atoms with Crippen LogP contribution in [0.1, 0.15) is 207 Å². The minimum atomic E-state index is -0.814. The molecule has 0 aliphatic heterocycles. The van der Waals surface area contributed by atoms with E-state index in [1.165, 1.54) is 38.5 Å². The van der Waals surface area contributed by atoms with E-state index < -0.39 is 6.10 Å². The van der Waals surface area contributed by atoms with Crippen LogP contribution in [0.5, 0.6) is 0 Å². The molecule has 0 spiro atoms. The average Bonchev–Trinajstić information content (AvgIpc) is 3.31. The molecule has 0 aromatic carbocycles. The Morgan fingerprint density at radius 3 is 1.05 bits per heavy atom. The molecular formula is C60H94O6. The van der Waals surface area contributed by atoms with Gasteiger partial charge in [0, 0.05) is 19.3 Å². The molecule has 0 radical (unpaired) electrons. The fourth-order valence-electron chi connectivity index (χ4n) is 6.70. The van der Waals surface area contributed by atoms with Gasteiger partial charge in [-0.1, -0.05) is 225 Å². The fraction of sp³-hybridized carbons (Fsp3) is 0.583. The van der Waals surface area contributed by atoms with Crippen molar-refractivity contribution in [1.82, 2.24) is 0 Å². The van der Waals surface area contributed by atoms with Crippen LogP contribution in [0, 0.1) is 0 Å². The van der Waals surface area contributed by atoms with Crippen molar-refractivity contribution in [3.63, 3.8) is 0 Å². The van der Waals surface area contributed by atoms with Crippen molar-refractivity contribution in [3.05, 3.63) is 134 Å². The van der Waals surface area contributed by atoms with Crippen molar-refractivity contribution in [2.24, 2.45) is 0 Å². The molecule has 0 aliphatic carbocycles. The minimum absolute atomic E-state index is 0.109. The Kier molecular flexibility index (Phi) is 49.6. The van der Waals surface area contributed by atoms with Crippen molar-refractivity contribution < 1.29 is 28.6 Å². The summed E-state index contributed by atoms with van der Waals surface area (Å²) in [7, 11) is 0. The summed E-state index contributed by atoms with van der Waals surface area (Å²) in [6.45, 7) is 6.20. The smallest absolute Gasteiger partial charge is 0.306 e. The molecule has 1 atom stereocenters. The second kappa shape index (κ2) is 53.2. The van der Waals surface area contributed by atoms with Crippen LogP contribution in [0.3, 0.4) is 0 Å². The summed E-state index contributed by atoms with van der Waals surface area (Å²) in [6.07, 6.45) is 74.3. The van der Waals surface area contributed by atoms with E-state index in [4.69, 9.17) is 14.2 Å². The number of carbonyl (C=O) groups is 3. The molecule has 1 unspecified atom stereocenters. The Morgan fingerprint density at radius 1 is 0.318 bits per heavy atom. The van der Waals surface area contributed by atoms with Crippen LogP contribution < -0.4 is 0 Å². The lowest BCUT2D eigenvalue weighted by molar-refractivity contribution is -0.167. The van der Waals surface area contributed by atoms with E-state index in [9.17, 15) is 14.4 Å². The molecule has 0 amide bonds. The largest absolute Gasteiger partial charge is 0.462 e. The number of carbonyl (C=O) groups excluding carboxylic acids is 3. The zero-order valence-corrected chi connectivity index (χ0v) is 42.1. The second-order valence-corrected chi connectivity index (χ2v) is 16.8. The highest BCUT2D eigenvalue weighted by Gasteiger charge is 2.19. The van der Waals surface area contributed by atoms with E-state index in [2.05, 4.69) is 93.7 Å². The Balaban J connectivity index is 4.49. The zero-order valence-electron chi connectivity index (χ0n) is 42.1. The third kappa shape index (κ3) is 50.5. The molecule has 0 rings (SSSR count). The first kappa shape index (κ1) is 61.5. The summed E-state index contributed by atoms with van der Waals surface area (Å²) in [5.41, 5.74) is 0. The highest BCUT2D eigenvalue weighted by molar-refractivity contribution is 5.71. The summed E-state index contributed by atoms with van der Waals surface area (Å²) < 4.78 is 16.8. The molecule has 6 nitrogen and oxygen atoms in total. The average molecular weight is 911 g/mol. The van der Waals surface area contributed by atoms with E-state index >= 15 is 0 Å². The molecular weight excluding hydrogens is 817 g/mol. The second-order valence-electron chi connectivity index (χ2n) is 16.8. The van der Waals surface area contributed by atoms with Crippen LogP contribution in [0.25, 0.3) is 0 Å². The maximum absolute atomic E-state index is 12.8. The van der Waals surface area contributed by atoms with E-state index in [1.54, 1.807) is 0 Å². The number of unbranched alkanes of at least 4 members (excludes halogenated alkanes) is 17. The van der Waals surface area contributed by atoms with Gasteiger partial charge in [0.2, 0.25) is 0 Å². The van der Waals surface area contributed by atoms with Crippen molar-refractivity contribution in [3.8, 4) is 0 Å². The van der Waals surface area contributed by atoms with Gasteiger partial charge in [-0.05, 0) is 96.3 Å². The van der Waals surface area contributed by atoms with Gasteiger partial charge in [-0.25, -0.2) is 0 Å². The Labute approximate surface area is 405 Å². The first-order valence-corrected chi connectivity index (χ1v) is 26.3. The monoisotopic (exact) mass is 911 g/mol. The molecule has 0 heterocycles. The molecule has 0 bridgehead atoms. The van der Waals surface area contributed by atoms with Crippen molar-refractivity contribution in [2.45, 2.75) is 213 Å². The van der Waals surface area contributed by atoms with Crippen LogP contribution in [0.2, 0.25) is 0 Å². The molecule has 0 saturated heterocycles. The Hall–Kier alpha value is -4.45. The molecule has 66 heavy (non-hydrogen) atoms. The van der Waals surface area contributed by atoms with Gasteiger partial charge in [0.1, 0.15) is 13.2 Å². The van der Waals surface area contributed by atoms with E-state index in [0.717, 1.165) is 122 Å². The Bertz CT molecular complexity index is 1460. The Morgan fingerprint density at radius 2 is 0.621 bits per heavy atom. The van der Waals surface area contributed by atoms with Crippen molar-refractivity contribution in [2.75, 3.05) is 13.2 Å². The zero-order chi connectivity index (χ0) is 47.9. The van der Waals surface area contributed by atoms with E-state index in [1.807, 2.05) is 60.8 Å². The molecule has 0 aromatic heterocycles.